The van der Waals surface area contributed by atoms with E-state index in [4.69, 9.17) is 0 Å². The van der Waals surface area contributed by atoms with Gasteiger partial charge in [0.05, 0.1) is 17.9 Å². The van der Waals surface area contributed by atoms with Crippen molar-refractivity contribution < 1.29 is 0 Å². The number of aryl methyl sites for hydroxylation is 1. The van der Waals surface area contributed by atoms with Crippen LogP contribution in [0.3, 0.4) is 0 Å². The maximum atomic E-state index is 4.52. The lowest BCUT2D eigenvalue weighted by molar-refractivity contribution is 0.191. The zero-order valence-electron chi connectivity index (χ0n) is 15.1. The highest BCUT2D eigenvalue weighted by atomic mass is 15.4. The Morgan fingerprint density at radius 3 is 2.62 bits per heavy atom. The minimum atomic E-state index is 0.470. The van der Waals surface area contributed by atoms with E-state index >= 15 is 0 Å². The third-order valence-electron chi connectivity index (χ3n) is 5.33. The topological polar surface area (TPSA) is 75.3 Å². The summed E-state index contributed by atoms with van der Waals surface area (Å²) in [6.45, 7) is 4.61. The lowest BCUT2D eigenvalue weighted by Gasteiger charge is -2.44. The van der Waals surface area contributed by atoms with Gasteiger partial charge < -0.3 is 4.90 Å². The van der Waals surface area contributed by atoms with Crippen LogP contribution in [-0.4, -0.2) is 61.1 Å². The van der Waals surface area contributed by atoms with Gasteiger partial charge in [0.2, 0.25) is 0 Å². The lowest BCUT2D eigenvalue weighted by atomic mass is 10.1. The van der Waals surface area contributed by atoms with Crippen molar-refractivity contribution in [2.45, 2.75) is 38.3 Å². The number of aromatic nitrogens is 6. The third kappa shape index (κ3) is 2.80. The van der Waals surface area contributed by atoms with E-state index in [2.05, 4.69) is 54.5 Å². The van der Waals surface area contributed by atoms with E-state index in [0.29, 0.717) is 12.0 Å². The summed E-state index contributed by atoms with van der Waals surface area (Å²) in [5, 5.41) is 21.8. The van der Waals surface area contributed by atoms with Crippen LogP contribution in [0.15, 0.2) is 24.3 Å². The van der Waals surface area contributed by atoms with Crippen LogP contribution >= 0.6 is 0 Å². The molecule has 0 spiro atoms. The number of hydrogen-bond acceptors (Lipinski definition) is 7. The molecule has 0 atom stereocenters. The Hall–Kier alpha value is -2.61. The zero-order valence-corrected chi connectivity index (χ0v) is 15.1. The van der Waals surface area contributed by atoms with Gasteiger partial charge in [0.1, 0.15) is 0 Å². The van der Waals surface area contributed by atoms with Crippen LogP contribution in [0.25, 0.3) is 5.65 Å². The molecule has 1 saturated heterocycles. The van der Waals surface area contributed by atoms with Gasteiger partial charge in [-0.25, -0.2) is 0 Å². The van der Waals surface area contributed by atoms with Gasteiger partial charge >= 0.3 is 0 Å². The first-order valence-electron chi connectivity index (χ1n) is 9.14. The van der Waals surface area contributed by atoms with E-state index in [0.717, 1.165) is 48.3 Å². The first kappa shape index (κ1) is 15.6. The third-order valence-corrected chi connectivity index (χ3v) is 5.33. The fourth-order valence-corrected chi connectivity index (χ4v) is 3.40. The van der Waals surface area contributed by atoms with Crippen LogP contribution in [0.2, 0.25) is 0 Å². The molecule has 8 heteroatoms. The van der Waals surface area contributed by atoms with Gasteiger partial charge in [0.25, 0.3) is 0 Å². The fourth-order valence-electron chi connectivity index (χ4n) is 3.40. The number of anilines is 1. The molecular weight excluding hydrogens is 328 g/mol. The number of nitrogens with zero attached hydrogens (tertiary/aromatic N) is 8. The molecule has 1 aliphatic heterocycles. The maximum absolute atomic E-state index is 4.52. The van der Waals surface area contributed by atoms with E-state index in [-0.39, 0.29) is 0 Å². The van der Waals surface area contributed by atoms with Crippen molar-refractivity contribution in [3.8, 4) is 0 Å². The number of likely N-dealkylation sites (N-methyl/N-ethyl adjacent to an activating group) is 1. The molecule has 0 unspecified atom stereocenters. The molecule has 1 saturated carbocycles. The van der Waals surface area contributed by atoms with Crippen molar-refractivity contribution >= 4 is 11.5 Å². The summed E-state index contributed by atoms with van der Waals surface area (Å²) in [4.78, 5) is 4.58. The highest BCUT2D eigenvalue weighted by molar-refractivity contribution is 5.42. The Kier molecular flexibility index (Phi) is 3.59. The second-order valence-electron chi connectivity index (χ2n) is 7.43. The van der Waals surface area contributed by atoms with Crippen LogP contribution in [-0.2, 0) is 6.54 Å². The van der Waals surface area contributed by atoms with Gasteiger partial charge in [-0.15, -0.1) is 15.3 Å². The molecule has 5 rings (SSSR count). The quantitative estimate of drug-likeness (QED) is 0.689. The molecule has 0 radical (unpaired) electrons. The Morgan fingerprint density at radius 2 is 1.88 bits per heavy atom. The molecule has 2 aliphatic rings. The van der Waals surface area contributed by atoms with Crippen molar-refractivity contribution in [2.75, 3.05) is 25.0 Å². The summed E-state index contributed by atoms with van der Waals surface area (Å²) < 4.78 is 1.84. The van der Waals surface area contributed by atoms with E-state index < -0.39 is 0 Å². The molecule has 26 heavy (non-hydrogen) atoms. The Balaban J connectivity index is 1.22. The average molecular weight is 350 g/mol. The highest BCUT2D eigenvalue weighted by Crippen LogP contribution is 2.38. The summed E-state index contributed by atoms with van der Waals surface area (Å²) in [6, 6.07) is 8.62. The molecule has 0 N–H and O–H groups in total. The summed E-state index contributed by atoms with van der Waals surface area (Å²) in [5.41, 5.74) is 2.90. The second kappa shape index (κ2) is 5.98. The van der Waals surface area contributed by atoms with Crippen LogP contribution in [0.4, 0.5) is 5.82 Å². The standard InChI is InChI=1S/C18H22N8/c1-12-3-7-17-21-22-18(26(17)23-12)11-24(2)14-9-25(10-14)16-8-6-15(19-20-16)13-4-5-13/h3,6-8,13-14H,4-5,9-11H2,1-2H3. The molecule has 0 bridgehead atoms. The minimum absolute atomic E-state index is 0.470. The normalized spacial score (nSPS) is 17.9. The predicted molar refractivity (Wildman–Crippen MR) is 97.0 cm³/mol. The summed E-state index contributed by atoms with van der Waals surface area (Å²) >= 11 is 0. The molecule has 0 amide bonds. The van der Waals surface area contributed by atoms with Crippen LogP contribution in [0, 0.1) is 6.92 Å². The smallest absolute Gasteiger partial charge is 0.177 e. The molecule has 0 aromatic carbocycles. The lowest BCUT2D eigenvalue weighted by Crippen LogP contribution is -2.58. The van der Waals surface area contributed by atoms with Crippen molar-refractivity contribution in [2.24, 2.45) is 0 Å². The van der Waals surface area contributed by atoms with Crippen molar-refractivity contribution in [1.82, 2.24) is 34.9 Å². The van der Waals surface area contributed by atoms with E-state index in [1.54, 1.807) is 0 Å². The van der Waals surface area contributed by atoms with Gasteiger partial charge in [-0.05, 0) is 51.1 Å². The van der Waals surface area contributed by atoms with E-state index in [9.17, 15) is 0 Å². The number of hydrogen-bond donors (Lipinski definition) is 0. The molecule has 3 aromatic heterocycles. The monoisotopic (exact) mass is 350 g/mol. The van der Waals surface area contributed by atoms with Crippen molar-refractivity contribution in [1.29, 1.82) is 0 Å². The van der Waals surface area contributed by atoms with Crippen LogP contribution < -0.4 is 4.90 Å². The van der Waals surface area contributed by atoms with Crippen molar-refractivity contribution in [3.63, 3.8) is 0 Å². The Labute approximate surface area is 151 Å². The average Bonchev–Trinajstić information content (AvgIpc) is 3.38. The predicted octanol–water partition coefficient (Wildman–Crippen LogP) is 1.42. The summed E-state index contributed by atoms with van der Waals surface area (Å²) in [7, 11) is 2.13. The summed E-state index contributed by atoms with van der Waals surface area (Å²) in [5.74, 6) is 2.50. The SMILES string of the molecule is Cc1ccc2nnc(CN(C)C3CN(c4ccc(C5CC5)nn4)C3)n2n1. The van der Waals surface area contributed by atoms with E-state index in [1.165, 1.54) is 12.8 Å². The van der Waals surface area contributed by atoms with Gasteiger partial charge in [0.15, 0.2) is 17.3 Å². The fraction of sp³-hybridized carbons (Fsp3) is 0.500. The van der Waals surface area contributed by atoms with Gasteiger partial charge in [-0.3, -0.25) is 4.90 Å². The number of rotatable bonds is 5. The molecule has 2 fully saturated rings. The second-order valence-corrected chi connectivity index (χ2v) is 7.43. The molecule has 134 valence electrons. The summed E-state index contributed by atoms with van der Waals surface area (Å²) in [6.07, 6.45) is 2.52. The molecule has 3 aromatic rings. The molecule has 4 heterocycles. The minimum Gasteiger partial charge on any atom is -0.352 e. The first-order valence-corrected chi connectivity index (χ1v) is 9.14. The highest BCUT2D eigenvalue weighted by Gasteiger charge is 2.32. The van der Waals surface area contributed by atoms with E-state index in [1.807, 2.05) is 23.6 Å². The Morgan fingerprint density at radius 1 is 1.04 bits per heavy atom. The number of fused-ring (bicyclic) bond motifs is 1. The molecular formula is C18H22N8. The Bertz CT molecular complexity index is 924. The molecule has 8 nitrogen and oxygen atoms in total. The molecule has 1 aliphatic carbocycles. The zero-order chi connectivity index (χ0) is 17.7. The largest absolute Gasteiger partial charge is 0.352 e. The van der Waals surface area contributed by atoms with Gasteiger partial charge in [-0.1, -0.05) is 0 Å². The maximum Gasteiger partial charge on any atom is 0.177 e. The van der Waals surface area contributed by atoms with Crippen LogP contribution in [0.1, 0.15) is 36.0 Å². The van der Waals surface area contributed by atoms with Crippen molar-refractivity contribution in [3.05, 3.63) is 41.5 Å². The van der Waals surface area contributed by atoms with Gasteiger partial charge in [-0.2, -0.15) is 14.7 Å². The van der Waals surface area contributed by atoms with Gasteiger partial charge in [0, 0.05) is 25.0 Å². The van der Waals surface area contributed by atoms with Crippen LogP contribution in [0.5, 0.6) is 0 Å². The first-order chi connectivity index (χ1) is 12.7.